The number of rotatable bonds is 5. The van der Waals surface area contributed by atoms with E-state index >= 15 is 0 Å². The lowest BCUT2D eigenvalue weighted by molar-refractivity contribution is 0.0645. The van der Waals surface area contributed by atoms with Crippen molar-refractivity contribution in [3.05, 3.63) is 23.8 Å². The fourth-order valence-electron chi connectivity index (χ4n) is 2.76. The van der Waals surface area contributed by atoms with Crippen LogP contribution >= 0.6 is 0 Å². The molecule has 2 N–H and O–H groups in total. The second-order valence-electron chi connectivity index (χ2n) is 5.38. The van der Waals surface area contributed by atoms with Crippen molar-refractivity contribution in [1.29, 1.82) is 0 Å². The molecule has 1 atom stereocenters. The van der Waals surface area contributed by atoms with E-state index < -0.39 is 0 Å². The molecule has 1 saturated heterocycles. The summed E-state index contributed by atoms with van der Waals surface area (Å²) in [7, 11) is 1.55. The number of hydrogen-bond acceptors (Lipinski definition) is 4. The summed E-state index contributed by atoms with van der Waals surface area (Å²) >= 11 is 0. The van der Waals surface area contributed by atoms with Crippen LogP contribution in [0.25, 0.3) is 0 Å². The second kappa shape index (κ2) is 7.31. The molecule has 0 radical (unpaired) electrons. The van der Waals surface area contributed by atoms with Gasteiger partial charge in [-0.3, -0.25) is 4.79 Å². The van der Waals surface area contributed by atoms with Crippen molar-refractivity contribution in [2.24, 2.45) is 0 Å². The van der Waals surface area contributed by atoms with E-state index in [4.69, 9.17) is 4.74 Å². The zero-order valence-electron chi connectivity index (χ0n) is 12.8. The third kappa shape index (κ3) is 3.67. The topological polar surface area (TPSA) is 61.8 Å². The average Bonchev–Trinajstić information content (AvgIpc) is 2.53. The highest BCUT2D eigenvalue weighted by Crippen LogP contribution is 2.26. The van der Waals surface area contributed by atoms with Crippen molar-refractivity contribution in [1.82, 2.24) is 10.2 Å². The highest BCUT2D eigenvalue weighted by Gasteiger charge is 2.27. The van der Waals surface area contributed by atoms with E-state index in [-0.39, 0.29) is 17.7 Å². The molecule has 1 fully saturated rings. The Bertz CT molecular complexity index is 484. The Balaban J connectivity index is 2.24. The number of benzene rings is 1. The fraction of sp³-hybridized carbons (Fsp3) is 0.562. The van der Waals surface area contributed by atoms with E-state index in [0.717, 1.165) is 32.4 Å². The molecule has 1 unspecified atom stereocenters. The maximum absolute atomic E-state index is 12.8. The van der Waals surface area contributed by atoms with Crippen LogP contribution in [0.3, 0.4) is 0 Å². The minimum absolute atomic E-state index is 0.00525. The molecule has 0 aromatic heterocycles. The summed E-state index contributed by atoms with van der Waals surface area (Å²) in [5.74, 6) is 0.460. The Kier molecular flexibility index (Phi) is 5.44. The summed E-state index contributed by atoms with van der Waals surface area (Å²) in [6.07, 6.45) is 2.97. The monoisotopic (exact) mass is 292 g/mol. The van der Waals surface area contributed by atoms with E-state index in [1.807, 2.05) is 4.90 Å². The smallest absolute Gasteiger partial charge is 0.258 e. The van der Waals surface area contributed by atoms with Gasteiger partial charge >= 0.3 is 0 Å². The molecule has 5 heteroatoms. The van der Waals surface area contributed by atoms with Crippen molar-refractivity contribution in [2.45, 2.75) is 32.2 Å². The van der Waals surface area contributed by atoms with Gasteiger partial charge in [0.15, 0.2) is 0 Å². The minimum atomic E-state index is -0.123. The fourth-order valence-corrected chi connectivity index (χ4v) is 2.76. The summed E-state index contributed by atoms with van der Waals surface area (Å²) in [4.78, 5) is 14.7. The Hall–Kier alpha value is -1.75. The van der Waals surface area contributed by atoms with Crippen LogP contribution in [0, 0.1) is 0 Å². The number of carbonyl (C=O) groups is 1. The predicted molar refractivity (Wildman–Crippen MR) is 81.9 cm³/mol. The number of aromatic hydroxyl groups is 1. The largest absolute Gasteiger partial charge is 0.507 e. The van der Waals surface area contributed by atoms with Gasteiger partial charge in [0.1, 0.15) is 11.5 Å². The molecular formula is C16H24N2O3. The van der Waals surface area contributed by atoms with Gasteiger partial charge in [0.2, 0.25) is 0 Å². The molecule has 1 aromatic rings. The molecular weight excluding hydrogens is 268 g/mol. The molecule has 21 heavy (non-hydrogen) atoms. The molecule has 1 aromatic carbocycles. The number of carbonyl (C=O) groups excluding carboxylic acids is 1. The van der Waals surface area contributed by atoms with Crippen molar-refractivity contribution in [2.75, 3.05) is 26.7 Å². The number of amides is 1. The average molecular weight is 292 g/mol. The van der Waals surface area contributed by atoms with Crippen LogP contribution in [0.4, 0.5) is 0 Å². The number of ether oxygens (including phenoxy) is 1. The summed E-state index contributed by atoms with van der Waals surface area (Å²) in [6.45, 7) is 4.58. The molecule has 1 aliphatic heterocycles. The highest BCUT2D eigenvalue weighted by molar-refractivity contribution is 5.97. The first-order chi connectivity index (χ1) is 10.2. The number of piperidine rings is 1. The van der Waals surface area contributed by atoms with Gasteiger partial charge in [-0.2, -0.15) is 0 Å². The lowest BCUT2D eigenvalue weighted by atomic mass is 10.0. The Morgan fingerprint density at radius 3 is 2.95 bits per heavy atom. The van der Waals surface area contributed by atoms with Crippen LogP contribution in [0.1, 0.15) is 36.5 Å². The van der Waals surface area contributed by atoms with Gasteiger partial charge in [0, 0.05) is 19.1 Å². The molecule has 1 heterocycles. The standard InChI is InChI=1S/C16H24N2O3/c1-3-9-18(12-5-4-8-17-11-12)16(20)14-10-13(21-2)6-7-15(14)19/h6-7,10,12,17,19H,3-5,8-9,11H2,1-2H3. The normalized spacial score (nSPS) is 18.3. The van der Waals surface area contributed by atoms with Crippen molar-refractivity contribution >= 4 is 5.91 Å². The number of nitrogens with one attached hydrogen (secondary N) is 1. The number of nitrogens with zero attached hydrogens (tertiary/aromatic N) is 1. The number of phenols is 1. The lowest BCUT2D eigenvalue weighted by Crippen LogP contribution is -2.49. The first-order valence-electron chi connectivity index (χ1n) is 7.56. The molecule has 1 amide bonds. The quantitative estimate of drug-likeness (QED) is 0.871. The highest BCUT2D eigenvalue weighted by atomic mass is 16.5. The van der Waals surface area contributed by atoms with Crippen LogP contribution in [0.5, 0.6) is 11.5 Å². The van der Waals surface area contributed by atoms with Crippen LogP contribution in [0.15, 0.2) is 18.2 Å². The minimum Gasteiger partial charge on any atom is -0.507 e. The molecule has 2 rings (SSSR count). The second-order valence-corrected chi connectivity index (χ2v) is 5.38. The van der Waals surface area contributed by atoms with Crippen LogP contribution < -0.4 is 10.1 Å². The van der Waals surface area contributed by atoms with E-state index in [0.29, 0.717) is 17.9 Å². The molecule has 0 aliphatic carbocycles. The van der Waals surface area contributed by atoms with Crippen LogP contribution in [-0.4, -0.2) is 48.7 Å². The maximum Gasteiger partial charge on any atom is 0.258 e. The Labute approximate surface area is 125 Å². The Morgan fingerprint density at radius 2 is 2.33 bits per heavy atom. The van der Waals surface area contributed by atoms with E-state index in [2.05, 4.69) is 12.2 Å². The van der Waals surface area contributed by atoms with Gasteiger partial charge in [0.05, 0.1) is 12.7 Å². The molecule has 5 nitrogen and oxygen atoms in total. The summed E-state index contributed by atoms with van der Waals surface area (Å²) in [5, 5.41) is 13.3. The molecule has 0 saturated carbocycles. The van der Waals surface area contributed by atoms with Gasteiger partial charge in [0.25, 0.3) is 5.91 Å². The van der Waals surface area contributed by atoms with Gasteiger partial charge < -0.3 is 20.1 Å². The first kappa shape index (κ1) is 15.6. The Morgan fingerprint density at radius 1 is 1.52 bits per heavy atom. The SMILES string of the molecule is CCCN(C(=O)c1cc(OC)ccc1O)C1CCCNC1. The van der Waals surface area contributed by atoms with Crippen molar-refractivity contribution < 1.29 is 14.6 Å². The van der Waals surface area contributed by atoms with Gasteiger partial charge in [-0.25, -0.2) is 0 Å². The third-order valence-electron chi connectivity index (χ3n) is 3.87. The molecule has 0 spiro atoms. The molecule has 1 aliphatic rings. The molecule has 116 valence electrons. The third-order valence-corrected chi connectivity index (χ3v) is 3.87. The van der Waals surface area contributed by atoms with E-state index in [1.165, 1.54) is 6.07 Å². The van der Waals surface area contributed by atoms with Crippen molar-refractivity contribution in [3.8, 4) is 11.5 Å². The first-order valence-corrected chi connectivity index (χ1v) is 7.56. The lowest BCUT2D eigenvalue weighted by Gasteiger charge is -2.34. The van der Waals surface area contributed by atoms with Crippen LogP contribution in [-0.2, 0) is 0 Å². The van der Waals surface area contributed by atoms with E-state index in [1.54, 1.807) is 19.2 Å². The van der Waals surface area contributed by atoms with Gasteiger partial charge in [-0.05, 0) is 44.0 Å². The number of methoxy groups -OCH3 is 1. The zero-order valence-corrected chi connectivity index (χ0v) is 12.8. The summed E-state index contributed by atoms with van der Waals surface area (Å²) in [6, 6.07) is 4.96. The molecule has 0 bridgehead atoms. The van der Waals surface area contributed by atoms with E-state index in [9.17, 15) is 9.90 Å². The van der Waals surface area contributed by atoms with Crippen molar-refractivity contribution in [3.63, 3.8) is 0 Å². The number of hydrogen-bond donors (Lipinski definition) is 2. The van der Waals surface area contributed by atoms with Gasteiger partial charge in [-0.15, -0.1) is 0 Å². The van der Waals surface area contributed by atoms with Gasteiger partial charge in [-0.1, -0.05) is 6.92 Å². The summed E-state index contributed by atoms with van der Waals surface area (Å²) < 4.78 is 5.15. The predicted octanol–water partition coefficient (Wildman–Crippen LogP) is 2.00. The summed E-state index contributed by atoms with van der Waals surface area (Å²) in [5.41, 5.74) is 0.313. The number of phenolic OH excluding ortho intramolecular Hbond substituents is 1. The van der Waals surface area contributed by atoms with Crippen LogP contribution in [0.2, 0.25) is 0 Å². The zero-order chi connectivity index (χ0) is 15.2. The maximum atomic E-state index is 12.8.